The molecule has 0 aliphatic heterocycles. The minimum atomic E-state index is -1.45. The number of non-ortho nitro benzene ring substituents is 1. The summed E-state index contributed by atoms with van der Waals surface area (Å²) in [7, 11) is 0. The van der Waals surface area contributed by atoms with Crippen LogP contribution >= 0.6 is 0 Å². The zero-order chi connectivity index (χ0) is 34.8. The van der Waals surface area contributed by atoms with Gasteiger partial charge in [-0.05, 0) is 30.2 Å². The SMILES string of the molecule is CC(=O)OC[C@H]1C[C@@H](Oc2ccc(COC(=O)Oc3ccc([N+](=O)[O-])cc3)cc2[N+](=O)[O-])[C@H](OC(C)=O)[C@@H](OC(C)=O)[C@H]1OC(C)=O. The van der Waals surface area contributed by atoms with Crippen LogP contribution in [0.15, 0.2) is 42.5 Å². The Morgan fingerprint density at radius 1 is 0.745 bits per heavy atom. The van der Waals surface area contributed by atoms with E-state index in [9.17, 15) is 44.2 Å². The summed E-state index contributed by atoms with van der Waals surface area (Å²) in [6.07, 6.45) is -6.70. The van der Waals surface area contributed by atoms with Gasteiger partial charge in [0.15, 0.2) is 18.0 Å². The van der Waals surface area contributed by atoms with Crippen LogP contribution in [0.2, 0.25) is 0 Å². The average Bonchev–Trinajstić information content (AvgIpc) is 2.98. The van der Waals surface area contributed by atoms with E-state index in [1.807, 2.05) is 0 Å². The van der Waals surface area contributed by atoms with Crippen LogP contribution in [0.3, 0.4) is 0 Å². The van der Waals surface area contributed by atoms with E-state index in [-0.39, 0.29) is 35.8 Å². The Morgan fingerprint density at radius 3 is 1.89 bits per heavy atom. The fourth-order valence-corrected chi connectivity index (χ4v) is 4.71. The maximum absolute atomic E-state index is 12.1. The van der Waals surface area contributed by atoms with E-state index in [2.05, 4.69) is 0 Å². The molecule has 0 amide bonds. The molecular formula is C29H30N2O16. The van der Waals surface area contributed by atoms with E-state index in [0.29, 0.717) is 0 Å². The summed E-state index contributed by atoms with van der Waals surface area (Å²) in [6, 6.07) is 8.19. The molecule has 2 aromatic rings. The van der Waals surface area contributed by atoms with Crippen LogP contribution in [0.1, 0.15) is 39.7 Å². The number of nitro benzene ring substituents is 2. The second-order valence-electron chi connectivity index (χ2n) is 10.1. The van der Waals surface area contributed by atoms with E-state index in [1.165, 1.54) is 24.3 Å². The van der Waals surface area contributed by atoms with Crippen LogP contribution in [0, 0.1) is 26.1 Å². The van der Waals surface area contributed by atoms with Crippen molar-refractivity contribution < 1.29 is 67.0 Å². The molecule has 18 nitrogen and oxygen atoms in total. The molecule has 1 saturated carbocycles. The molecule has 0 radical (unpaired) electrons. The van der Waals surface area contributed by atoms with Crippen molar-refractivity contribution in [1.82, 2.24) is 0 Å². The maximum atomic E-state index is 12.1. The van der Waals surface area contributed by atoms with Crippen molar-refractivity contribution in [3.8, 4) is 11.5 Å². The van der Waals surface area contributed by atoms with E-state index in [1.54, 1.807) is 0 Å². The van der Waals surface area contributed by atoms with Gasteiger partial charge in [-0.25, -0.2) is 4.79 Å². The zero-order valence-electron chi connectivity index (χ0n) is 25.5. The van der Waals surface area contributed by atoms with Gasteiger partial charge in [0, 0.05) is 51.8 Å². The third kappa shape index (κ3) is 10.4. The van der Waals surface area contributed by atoms with Crippen molar-refractivity contribution >= 4 is 41.4 Å². The number of carbonyl (C=O) groups is 5. The number of nitrogens with zero attached hydrogens (tertiary/aromatic N) is 2. The molecule has 3 rings (SSSR count). The summed E-state index contributed by atoms with van der Waals surface area (Å²) in [5.41, 5.74) is -0.664. The molecular weight excluding hydrogens is 632 g/mol. The third-order valence-electron chi connectivity index (χ3n) is 6.52. The molecule has 47 heavy (non-hydrogen) atoms. The smallest absolute Gasteiger partial charge is 0.479 e. The van der Waals surface area contributed by atoms with Gasteiger partial charge in [-0.3, -0.25) is 39.4 Å². The molecule has 5 atom stereocenters. The Morgan fingerprint density at radius 2 is 1.34 bits per heavy atom. The monoisotopic (exact) mass is 662 g/mol. The zero-order valence-corrected chi connectivity index (χ0v) is 25.5. The highest BCUT2D eigenvalue weighted by molar-refractivity contribution is 5.69. The summed E-state index contributed by atoms with van der Waals surface area (Å²) in [4.78, 5) is 81.2. The van der Waals surface area contributed by atoms with Crippen LogP contribution in [0.25, 0.3) is 0 Å². The highest BCUT2D eigenvalue weighted by Crippen LogP contribution is 2.38. The van der Waals surface area contributed by atoms with Crippen molar-refractivity contribution in [3.05, 3.63) is 68.3 Å². The summed E-state index contributed by atoms with van der Waals surface area (Å²) < 4.78 is 37.3. The lowest BCUT2D eigenvalue weighted by Gasteiger charge is -2.44. The molecule has 0 saturated heterocycles. The first kappa shape index (κ1) is 35.7. The number of hydrogen-bond donors (Lipinski definition) is 0. The molecule has 0 heterocycles. The third-order valence-corrected chi connectivity index (χ3v) is 6.52. The van der Waals surface area contributed by atoms with E-state index in [0.717, 1.165) is 45.9 Å². The molecule has 1 aliphatic rings. The average molecular weight is 663 g/mol. The largest absolute Gasteiger partial charge is 0.514 e. The van der Waals surface area contributed by atoms with Crippen LogP contribution in [0.5, 0.6) is 11.5 Å². The number of carbonyl (C=O) groups excluding carboxylic acids is 5. The molecule has 1 aliphatic carbocycles. The lowest BCUT2D eigenvalue weighted by atomic mass is 9.80. The van der Waals surface area contributed by atoms with E-state index in [4.69, 9.17) is 33.2 Å². The number of hydrogen-bond acceptors (Lipinski definition) is 16. The summed E-state index contributed by atoms with van der Waals surface area (Å²) in [6.45, 7) is 3.57. The summed E-state index contributed by atoms with van der Waals surface area (Å²) in [5.74, 6) is -4.32. The van der Waals surface area contributed by atoms with Crippen molar-refractivity contribution in [2.75, 3.05) is 6.61 Å². The van der Waals surface area contributed by atoms with E-state index < -0.39 is 82.5 Å². The predicted molar refractivity (Wildman–Crippen MR) is 153 cm³/mol. The van der Waals surface area contributed by atoms with Crippen LogP contribution in [-0.2, 0) is 49.5 Å². The van der Waals surface area contributed by atoms with Crippen molar-refractivity contribution in [1.29, 1.82) is 0 Å². The fourth-order valence-electron chi connectivity index (χ4n) is 4.71. The predicted octanol–water partition coefficient (Wildman–Crippen LogP) is 3.34. The Kier molecular flexibility index (Phi) is 12.1. The lowest BCUT2D eigenvalue weighted by Crippen LogP contribution is -2.60. The molecule has 0 N–H and O–H groups in total. The van der Waals surface area contributed by atoms with Crippen LogP contribution in [0.4, 0.5) is 16.2 Å². The Balaban J connectivity index is 1.86. The molecule has 0 unspecified atom stereocenters. The van der Waals surface area contributed by atoms with Gasteiger partial charge in [-0.15, -0.1) is 0 Å². The summed E-state index contributed by atoms with van der Waals surface area (Å²) >= 11 is 0. The molecule has 252 valence electrons. The van der Waals surface area contributed by atoms with Gasteiger partial charge in [0.25, 0.3) is 5.69 Å². The Labute approximate surface area is 266 Å². The number of nitro groups is 2. The first-order valence-electron chi connectivity index (χ1n) is 13.8. The Bertz CT molecular complexity index is 1520. The standard InChI is InChI=1S/C29H30N2O16/c1-15(32)41-14-20-12-25(27(44-17(3)34)28(45-18(4)35)26(20)43-16(2)33)47-24-10-5-19(11-23(24)31(39)40)13-42-29(36)46-22-8-6-21(7-9-22)30(37)38/h5-11,20,25-28H,12-14H2,1-4H3/t20-,25-,26+,27+,28+/m1/s1. The first-order valence-corrected chi connectivity index (χ1v) is 13.8. The molecule has 18 heteroatoms. The van der Waals surface area contributed by atoms with Crippen LogP contribution < -0.4 is 9.47 Å². The molecule has 2 aromatic carbocycles. The van der Waals surface area contributed by atoms with Gasteiger partial charge in [-0.2, -0.15) is 0 Å². The topological polar surface area (TPSA) is 236 Å². The normalized spacial score (nSPS) is 20.1. The fraction of sp³-hybridized carbons (Fsp3) is 0.414. The molecule has 0 bridgehead atoms. The number of ether oxygens (including phenoxy) is 7. The molecule has 1 fully saturated rings. The highest BCUT2D eigenvalue weighted by atomic mass is 16.7. The number of rotatable bonds is 12. The minimum Gasteiger partial charge on any atom is -0.479 e. The minimum absolute atomic E-state index is 0.0415. The van der Waals surface area contributed by atoms with Crippen molar-refractivity contribution in [2.24, 2.45) is 5.92 Å². The van der Waals surface area contributed by atoms with E-state index >= 15 is 0 Å². The van der Waals surface area contributed by atoms with Crippen LogP contribution in [-0.4, -0.2) is 70.9 Å². The molecule has 0 spiro atoms. The van der Waals surface area contributed by atoms with Gasteiger partial charge in [0.2, 0.25) is 0 Å². The maximum Gasteiger partial charge on any atom is 0.514 e. The second-order valence-corrected chi connectivity index (χ2v) is 10.1. The summed E-state index contributed by atoms with van der Waals surface area (Å²) in [5, 5.41) is 22.8. The Hall–Kier alpha value is -5.81. The van der Waals surface area contributed by atoms with Crippen molar-refractivity contribution in [3.63, 3.8) is 0 Å². The van der Waals surface area contributed by atoms with Crippen molar-refractivity contribution in [2.45, 2.75) is 65.1 Å². The molecule has 0 aromatic heterocycles. The van der Waals surface area contributed by atoms with Gasteiger partial charge < -0.3 is 33.2 Å². The lowest BCUT2D eigenvalue weighted by molar-refractivity contribution is -0.386. The second kappa shape index (κ2) is 16.0. The quantitative estimate of drug-likeness (QED) is 0.104. The van der Waals surface area contributed by atoms with Gasteiger partial charge in [0.05, 0.1) is 16.5 Å². The first-order chi connectivity index (χ1) is 22.1. The number of benzene rings is 2. The van der Waals surface area contributed by atoms with Gasteiger partial charge >= 0.3 is 35.7 Å². The highest BCUT2D eigenvalue weighted by Gasteiger charge is 2.52. The number of esters is 4. The van der Waals surface area contributed by atoms with Gasteiger partial charge in [-0.1, -0.05) is 6.07 Å². The van der Waals surface area contributed by atoms with Gasteiger partial charge in [0.1, 0.15) is 24.6 Å².